The van der Waals surface area contributed by atoms with Gasteiger partial charge in [-0.05, 0) is 51.0 Å². The summed E-state index contributed by atoms with van der Waals surface area (Å²) in [4.78, 5) is 34.7. The second kappa shape index (κ2) is 7.95. The van der Waals surface area contributed by atoms with E-state index < -0.39 is 0 Å². The van der Waals surface area contributed by atoms with Crippen LogP contribution in [0.2, 0.25) is 0 Å². The van der Waals surface area contributed by atoms with Crippen LogP contribution < -0.4 is 5.32 Å². The number of amides is 1. The Hall–Kier alpha value is -2.96. The molecule has 1 fully saturated rings. The lowest BCUT2D eigenvalue weighted by Gasteiger charge is -2.15. The molecule has 0 atom stereocenters. The highest BCUT2D eigenvalue weighted by Crippen LogP contribution is 2.18. The van der Waals surface area contributed by atoms with Gasteiger partial charge in [0.05, 0.1) is 12.2 Å². The number of benzene rings is 1. The van der Waals surface area contributed by atoms with Crippen molar-refractivity contribution in [1.82, 2.24) is 14.9 Å². The fourth-order valence-corrected chi connectivity index (χ4v) is 2.88. The number of ether oxygens (including phenoxy) is 1. The molecule has 1 aromatic carbocycles. The van der Waals surface area contributed by atoms with Crippen molar-refractivity contribution in [2.75, 3.05) is 25.0 Å². The minimum absolute atomic E-state index is 0.0614. The molecule has 1 aliphatic heterocycles. The predicted molar refractivity (Wildman–Crippen MR) is 97.6 cm³/mol. The maximum absolute atomic E-state index is 12.5. The molecule has 3 rings (SSSR count). The first-order valence-electron chi connectivity index (χ1n) is 8.76. The van der Waals surface area contributed by atoms with Gasteiger partial charge in [0.15, 0.2) is 0 Å². The summed E-state index contributed by atoms with van der Waals surface area (Å²) in [5, 5.41) is 3.15. The summed E-state index contributed by atoms with van der Waals surface area (Å²) in [7, 11) is 0. The Balaban J connectivity index is 1.75. The van der Waals surface area contributed by atoms with E-state index in [9.17, 15) is 9.59 Å². The molecule has 0 saturated carbocycles. The molecular weight excluding hydrogens is 332 g/mol. The molecule has 136 valence electrons. The third-order valence-electron chi connectivity index (χ3n) is 4.12. The van der Waals surface area contributed by atoms with Gasteiger partial charge in [0, 0.05) is 24.8 Å². The van der Waals surface area contributed by atoms with Crippen molar-refractivity contribution in [2.45, 2.75) is 26.7 Å². The molecule has 1 aromatic heterocycles. The summed E-state index contributed by atoms with van der Waals surface area (Å²) >= 11 is 0. The molecule has 7 heteroatoms. The molecule has 1 N–H and O–H groups in total. The van der Waals surface area contributed by atoms with Crippen LogP contribution in [-0.4, -0.2) is 46.4 Å². The summed E-state index contributed by atoms with van der Waals surface area (Å²) in [6.45, 7) is 5.43. The first-order chi connectivity index (χ1) is 12.6. The monoisotopic (exact) mass is 354 g/mol. The maximum Gasteiger partial charge on any atom is 0.338 e. The van der Waals surface area contributed by atoms with E-state index in [1.54, 1.807) is 44.2 Å². The Morgan fingerprint density at radius 3 is 2.50 bits per heavy atom. The normalized spacial score (nSPS) is 13.5. The van der Waals surface area contributed by atoms with Crippen molar-refractivity contribution in [3.05, 3.63) is 47.4 Å². The first-order valence-corrected chi connectivity index (χ1v) is 8.76. The van der Waals surface area contributed by atoms with Crippen molar-refractivity contribution >= 4 is 23.4 Å². The average Bonchev–Trinajstić information content (AvgIpc) is 3.16. The second-order valence-electron chi connectivity index (χ2n) is 6.11. The summed E-state index contributed by atoms with van der Waals surface area (Å²) in [6.07, 6.45) is 2.07. The Kier molecular flexibility index (Phi) is 5.46. The van der Waals surface area contributed by atoms with Crippen LogP contribution in [0.15, 0.2) is 30.3 Å². The molecule has 0 bridgehead atoms. The topological polar surface area (TPSA) is 84.4 Å². The first kappa shape index (κ1) is 17.8. The fourth-order valence-electron chi connectivity index (χ4n) is 2.88. The quantitative estimate of drug-likeness (QED) is 0.831. The lowest BCUT2D eigenvalue weighted by molar-refractivity contribution is 0.0526. The van der Waals surface area contributed by atoms with E-state index in [1.807, 2.05) is 4.90 Å². The maximum atomic E-state index is 12.5. The van der Waals surface area contributed by atoms with Gasteiger partial charge in [0.25, 0.3) is 5.91 Å². The molecule has 7 nitrogen and oxygen atoms in total. The second-order valence-corrected chi connectivity index (χ2v) is 6.11. The van der Waals surface area contributed by atoms with Gasteiger partial charge in [-0.2, -0.15) is 0 Å². The number of nitrogens with zero attached hydrogens (tertiary/aromatic N) is 3. The number of likely N-dealkylation sites (tertiary alicyclic amines) is 1. The number of esters is 1. The smallest absolute Gasteiger partial charge is 0.338 e. The van der Waals surface area contributed by atoms with Gasteiger partial charge < -0.3 is 15.0 Å². The number of aromatic nitrogens is 2. The predicted octanol–water partition coefficient (Wildman–Crippen LogP) is 2.94. The molecule has 1 aliphatic rings. The minimum atomic E-state index is -0.351. The number of hydrogen-bond donors (Lipinski definition) is 1. The van der Waals surface area contributed by atoms with Gasteiger partial charge in [-0.1, -0.05) is 0 Å². The Labute approximate surface area is 152 Å². The van der Waals surface area contributed by atoms with Gasteiger partial charge in [-0.25, -0.2) is 14.8 Å². The zero-order valence-electron chi connectivity index (χ0n) is 15.0. The van der Waals surface area contributed by atoms with Gasteiger partial charge in [0.2, 0.25) is 0 Å². The zero-order valence-corrected chi connectivity index (χ0v) is 15.0. The number of anilines is 2. The number of carbonyl (C=O) groups excluding carboxylic acids is 2. The highest BCUT2D eigenvalue weighted by molar-refractivity contribution is 5.93. The van der Waals surface area contributed by atoms with Crippen LogP contribution in [0, 0.1) is 6.92 Å². The van der Waals surface area contributed by atoms with E-state index in [-0.39, 0.29) is 11.9 Å². The van der Waals surface area contributed by atoms with E-state index in [2.05, 4.69) is 15.3 Å². The molecule has 1 saturated heterocycles. The Morgan fingerprint density at radius 2 is 1.85 bits per heavy atom. The summed E-state index contributed by atoms with van der Waals surface area (Å²) < 4.78 is 4.97. The van der Waals surface area contributed by atoms with Gasteiger partial charge in [0.1, 0.15) is 17.3 Å². The lowest BCUT2D eigenvalue weighted by Crippen LogP contribution is -2.28. The molecule has 26 heavy (non-hydrogen) atoms. The van der Waals surface area contributed by atoms with E-state index in [1.165, 1.54) is 0 Å². The third-order valence-corrected chi connectivity index (χ3v) is 4.12. The zero-order chi connectivity index (χ0) is 18.5. The lowest BCUT2D eigenvalue weighted by atomic mass is 10.2. The van der Waals surface area contributed by atoms with Crippen LogP contribution in [0.4, 0.5) is 11.5 Å². The van der Waals surface area contributed by atoms with Crippen LogP contribution >= 0.6 is 0 Å². The number of hydrogen-bond acceptors (Lipinski definition) is 6. The minimum Gasteiger partial charge on any atom is -0.462 e. The van der Waals surface area contributed by atoms with Gasteiger partial charge >= 0.3 is 5.97 Å². The summed E-state index contributed by atoms with van der Waals surface area (Å²) in [5.74, 6) is 0.661. The molecular formula is C19H22N4O3. The summed E-state index contributed by atoms with van der Waals surface area (Å²) in [5.41, 5.74) is 1.64. The highest BCUT2D eigenvalue weighted by Gasteiger charge is 2.21. The third kappa shape index (κ3) is 4.17. The molecule has 2 aromatic rings. The Bertz CT molecular complexity index is 799. The van der Waals surface area contributed by atoms with Crippen LogP contribution in [0.5, 0.6) is 0 Å². The van der Waals surface area contributed by atoms with E-state index in [0.717, 1.165) is 31.6 Å². The summed E-state index contributed by atoms with van der Waals surface area (Å²) in [6, 6.07) is 8.57. The number of carbonyl (C=O) groups is 2. The standard InChI is InChI=1S/C19H22N4O3/c1-3-26-19(25)14-6-8-15(9-7-14)22-17-12-16(20-13(2)21-17)18(24)23-10-4-5-11-23/h6-9,12H,3-5,10-11H2,1-2H3,(H,20,21,22). The molecule has 0 aliphatic carbocycles. The van der Waals surface area contributed by atoms with Crippen molar-refractivity contribution in [2.24, 2.45) is 0 Å². The van der Waals surface area contributed by atoms with Crippen molar-refractivity contribution in [3.8, 4) is 0 Å². The Morgan fingerprint density at radius 1 is 1.15 bits per heavy atom. The van der Waals surface area contributed by atoms with Crippen LogP contribution in [0.3, 0.4) is 0 Å². The number of rotatable bonds is 5. The fraction of sp³-hybridized carbons (Fsp3) is 0.368. The van der Waals surface area contributed by atoms with Crippen LogP contribution in [-0.2, 0) is 4.74 Å². The SMILES string of the molecule is CCOC(=O)c1ccc(Nc2cc(C(=O)N3CCCC3)nc(C)n2)cc1. The van der Waals surface area contributed by atoms with E-state index in [4.69, 9.17) is 4.74 Å². The molecule has 0 radical (unpaired) electrons. The van der Waals surface area contributed by atoms with Crippen LogP contribution in [0.1, 0.15) is 46.4 Å². The molecule has 2 heterocycles. The van der Waals surface area contributed by atoms with Gasteiger partial charge in [-0.3, -0.25) is 4.79 Å². The van der Waals surface area contributed by atoms with Gasteiger partial charge in [-0.15, -0.1) is 0 Å². The van der Waals surface area contributed by atoms with Crippen LogP contribution in [0.25, 0.3) is 0 Å². The number of nitrogens with one attached hydrogen (secondary N) is 1. The largest absolute Gasteiger partial charge is 0.462 e. The van der Waals surface area contributed by atoms with E-state index in [0.29, 0.717) is 29.5 Å². The van der Waals surface area contributed by atoms with E-state index >= 15 is 0 Å². The van der Waals surface area contributed by atoms with Crippen molar-refractivity contribution < 1.29 is 14.3 Å². The average molecular weight is 354 g/mol. The molecule has 1 amide bonds. The van der Waals surface area contributed by atoms with Crippen molar-refractivity contribution in [3.63, 3.8) is 0 Å². The number of aryl methyl sites for hydroxylation is 1. The molecule has 0 unspecified atom stereocenters. The highest BCUT2D eigenvalue weighted by atomic mass is 16.5. The molecule has 0 spiro atoms. The van der Waals surface area contributed by atoms with Crippen molar-refractivity contribution in [1.29, 1.82) is 0 Å².